The first kappa shape index (κ1) is 22.9. The lowest BCUT2D eigenvalue weighted by molar-refractivity contribution is -0.123. The minimum atomic E-state index is -1.52. The summed E-state index contributed by atoms with van der Waals surface area (Å²) >= 11 is 0. The van der Waals surface area contributed by atoms with E-state index in [0.29, 0.717) is 40.8 Å². The topological polar surface area (TPSA) is 104 Å². The van der Waals surface area contributed by atoms with Gasteiger partial charge in [0.15, 0.2) is 6.17 Å². The Kier molecular flexibility index (Phi) is 6.08. The highest BCUT2D eigenvalue weighted by molar-refractivity contribution is 6.01. The Morgan fingerprint density at radius 2 is 2.03 bits per heavy atom. The molecular formula is C26H32FN3O4. The summed E-state index contributed by atoms with van der Waals surface area (Å²) < 4.78 is 25.8. The summed E-state index contributed by atoms with van der Waals surface area (Å²) in [6.07, 6.45) is 5.17. The molecule has 1 saturated heterocycles. The molecular weight excluding hydrogens is 437 g/mol. The van der Waals surface area contributed by atoms with E-state index in [2.05, 4.69) is 5.32 Å². The van der Waals surface area contributed by atoms with Crippen molar-refractivity contribution in [3.05, 3.63) is 29.5 Å². The Labute approximate surface area is 198 Å². The van der Waals surface area contributed by atoms with Crippen molar-refractivity contribution < 1.29 is 23.5 Å². The van der Waals surface area contributed by atoms with Crippen molar-refractivity contribution in [1.82, 2.24) is 10.3 Å². The number of nitrogens with zero attached hydrogens (tertiary/aromatic N) is 1. The molecule has 1 aromatic carbocycles. The maximum absolute atomic E-state index is 14.3. The Morgan fingerprint density at radius 1 is 1.24 bits per heavy atom. The summed E-state index contributed by atoms with van der Waals surface area (Å²) in [6.45, 7) is 1.99. The van der Waals surface area contributed by atoms with E-state index in [9.17, 15) is 14.0 Å². The molecule has 2 aliphatic carbocycles. The third-order valence-corrected chi connectivity index (χ3v) is 8.21. The van der Waals surface area contributed by atoms with E-state index in [-0.39, 0.29) is 6.61 Å². The van der Waals surface area contributed by atoms with E-state index in [1.807, 2.05) is 13.0 Å². The fourth-order valence-electron chi connectivity index (χ4n) is 5.85. The first-order valence-electron chi connectivity index (χ1n) is 12.3. The lowest BCUT2D eigenvalue weighted by Crippen LogP contribution is -2.35. The van der Waals surface area contributed by atoms with Gasteiger partial charge in [0.05, 0.1) is 18.7 Å². The molecule has 2 aromatic rings. The van der Waals surface area contributed by atoms with Crippen LogP contribution in [-0.4, -0.2) is 42.7 Å². The number of amides is 2. The standard InChI is InChI=1S/C26H32FN3O4/c1-3-15-21(29-25(32)23(15)27)12-34-26-18-11-22(33-2)19(24(28)31)9-14(18)10-20(30-26)17-8-7-16(17)13-5-4-6-13/h9-11,13,15-17,21,23H,3-8,12H2,1-2H3,(H2,28,31)(H,29,32). The van der Waals surface area contributed by atoms with E-state index >= 15 is 0 Å². The maximum Gasteiger partial charge on any atom is 0.255 e. The summed E-state index contributed by atoms with van der Waals surface area (Å²) in [5, 5.41) is 4.21. The van der Waals surface area contributed by atoms with Crippen molar-refractivity contribution in [2.45, 2.75) is 63.6 Å². The number of ether oxygens (including phenoxy) is 2. The van der Waals surface area contributed by atoms with Crippen molar-refractivity contribution in [2.75, 3.05) is 13.7 Å². The average Bonchev–Trinajstić information content (AvgIpc) is 3.05. The van der Waals surface area contributed by atoms with Crippen LogP contribution in [0.25, 0.3) is 10.8 Å². The number of aromatic nitrogens is 1. The van der Waals surface area contributed by atoms with Gasteiger partial charge >= 0.3 is 0 Å². The molecule has 3 fully saturated rings. The van der Waals surface area contributed by atoms with Gasteiger partial charge in [-0.25, -0.2) is 9.37 Å². The number of nitrogens with one attached hydrogen (secondary N) is 1. The number of benzene rings is 1. The normalized spacial score (nSPS) is 28.8. The molecule has 2 heterocycles. The van der Waals surface area contributed by atoms with Crippen LogP contribution in [0.2, 0.25) is 0 Å². The van der Waals surface area contributed by atoms with Gasteiger partial charge in [0.25, 0.3) is 11.8 Å². The number of hydrogen-bond acceptors (Lipinski definition) is 5. The molecule has 1 aliphatic heterocycles. The van der Waals surface area contributed by atoms with E-state index in [0.717, 1.165) is 23.4 Å². The first-order chi connectivity index (χ1) is 16.4. The molecule has 8 heteroatoms. The van der Waals surface area contributed by atoms with Crippen LogP contribution in [-0.2, 0) is 4.79 Å². The van der Waals surface area contributed by atoms with Crippen molar-refractivity contribution in [1.29, 1.82) is 0 Å². The summed E-state index contributed by atoms with van der Waals surface area (Å²) in [7, 11) is 1.48. The number of methoxy groups -OCH3 is 1. The molecule has 1 aromatic heterocycles. The van der Waals surface area contributed by atoms with Gasteiger partial charge < -0.3 is 20.5 Å². The monoisotopic (exact) mass is 469 g/mol. The SMILES string of the molecule is CCC1C(COc2nc(C3CCC3C3CCC3)cc3cc(C(N)=O)c(OC)cc23)NC(=O)C1F. The van der Waals surface area contributed by atoms with Gasteiger partial charge in [0.2, 0.25) is 5.88 Å². The second-order valence-electron chi connectivity index (χ2n) is 9.93. The second kappa shape index (κ2) is 9.04. The van der Waals surface area contributed by atoms with Gasteiger partial charge in [0.1, 0.15) is 12.4 Å². The van der Waals surface area contributed by atoms with Crippen LogP contribution in [0.3, 0.4) is 0 Å². The van der Waals surface area contributed by atoms with Gasteiger partial charge in [-0.1, -0.05) is 26.2 Å². The van der Waals surface area contributed by atoms with E-state index < -0.39 is 29.9 Å². The van der Waals surface area contributed by atoms with Gasteiger partial charge in [-0.2, -0.15) is 0 Å². The van der Waals surface area contributed by atoms with Crippen molar-refractivity contribution in [3.8, 4) is 11.6 Å². The Balaban J connectivity index is 1.51. The number of hydrogen-bond donors (Lipinski definition) is 2. The number of nitrogens with two attached hydrogens (primary N) is 1. The number of carbonyl (C=O) groups is 2. The highest BCUT2D eigenvalue weighted by atomic mass is 19.1. The van der Waals surface area contributed by atoms with Crippen LogP contribution < -0.4 is 20.5 Å². The highest BCUT2D eigenvalue weighted by Gasteiger charge is 2.43. The van der Waals surface area contributed by atoms with Crippen LogP contribution in [0.4, 0.5) is 4.39 Å². The predicted octanol–water partition coefficient (Wildman–Crippen LogP) is 3.88. The van der Waals surface area contributed by atoms with Crippen molar-refractivity contribution >= 4 is 22.6 Å². The number of alkyl halides is 1. The van der Waals surface area contributed by atoms with Crippen LogP contribution in [0.15, 0.2) is 18.2 Å². The second-order valence-corrected chi connectivity index (χ2v) is 9.93. The lowest BCUT2D eigenvalue weighted by Gasteiger charge is -2.45. The number of pyridine rings is 1. The number of primary amides is 1. The molecule has 2 amide bonds. The summed E-state index contributed by atoms with van der Waals surface area (Å²) in [6, 6.07) is 5.06. The first-order valence-corrected chi connectivity index (χ1v) is 12.3. The number of rotatable bonds is 8. The Hall–Kier alpha value is -2.90. The maximum atomic E-state index is 14.3. The zero-order chi connectivity index (χ0) is 24.0. The quantitative estimate of drug-likeness (QED) is 0.611. The average molecular weight is 470 g/mol. The van der Waals surface area contributed by atoms with Crippen LogP contribution in [0, 0.1) is 17.8 Å². The highest BCUT2D eigenvalue weighted by Crippen LogP contribution is 2.52. The molecule has 3 N–H and O–H groups in total. The Morgan fingerprint density at radius 3 is 2.62 bits per heavy atom. The fraction of sp³-hybridized carbons (Fsp3) is 0.577. The molecule has 5 atom stereocenters. The number of carbonyl (C=O) groups excluding carboxylic acids is 2. The lowest BCUT2D eigenvalue weighted by atomic mass is 9.60. The fourth-order valence-corrected chi connectivity index (χ4v) is 5.85. The van der Waals surface area contributed by atoms with Crippen LogP contribution >= 0.6 is 0 Å². The van der Waals surface area contributed by atoms with E-state index in [1.54, 1.807) is 12.1 Å². The summed E-state index contributed by atoms with van der Waals surface area (Å²) in [4.78, 5) is 28.8. The molecule has 5 unspecified atom stereocenters. The zero-order valence-corrected chi connectivity index (χ0v) is 19.7. The van der Waals surface area contributed by atoms with Gasteiger partial charge in [0, 0.05) is 22.9 Å². The number of fused-ring (bicyclic) bond motifs is 1. The molecule has 0 bridgehead atoms. The van der Waals surface area contributed by atoms with Crippen molar-refractivity contribution in [3.63, 3.8) is 0 Å². The van der Waals surface area contributed by atoms with Gasteiger partial charge in [-0.15, -0.1) is 0 Å². The molecule has 0 spiro atoms. The van der Waals surface area contributed by atoms with Gasteiger partial charge in [-0.05, 0) is 54.7 Å². The zero-order valence-electron chi connectivity index (χ0n) is 19.7. The molecule has 0 radical (unpaired) electrons. The Bertz CT molecular complexity index is 1120. The minimum absolute atomic E-state index is 0.118. The summed E-state index contributed by atoms with van der Waals surface area (Å²) in [5.74, 6) is 0.923. The molecule has 7 nitrogen and oxygen atoms in total. The molecule has 2 saturated carbocycles. The van der Waals surface area contributed by atoms with Gasteiger partial charge in [-0.3, -0.25) is 9.59 Å². The predicted molar refractivity (Wildman–Crippen MR) is 126 cm³/mol. The molecule has 34 heavy (non-hydrogen) atoms. The van der Waals surface area contributed by atoms with Crippen LogP contribution in [0.1, 0.15) is 67.4 Å². The third kappa shape index (κ3) is 3.87. The third-order valence-electron chi connectivity index (χ3n) is 8.21. The van der Waals surface area contributed by atoms with Crippen molar-refractivity contribution in [2.24, 2.45) is 23.5 Å². The molecule has 3 aliphatic rings. The largest absolute Gasteiger partial charge is 0.496 e. The smallest absolute Gasteiger partial charge is 0.255 e. The summed E-state index contributed by atoms with van der Waals surface area (Å²) in [5.41, 5.74) is 6.86. The van der Waals surface area contributed by atoms with Crippen LogP contribution in [0.5, 0.6) is 11.6 Å². The number of halogens is 1. The minimum Gasteiger partial charge on any atom is -0.496 e. The van der Waals surface area contributed by atoms with E-state index in [1.165, 1.54) is 32.8 Å². The molecule has 5 rings (SSSR count). The molecule has 182 valence electrons. The van der Waals surface area contributed by atoms with E-state index in [4.69, 9.17) is 20.2 Å².